The van der Waals surface area contributed by atoms with Crippen molar-refractivity contribution in [1.82, 2.24) is 10.2 Å². The van der Waals surface area contributed by atoms with Gasteiger partial charge in [-0.2, -0.15) is 8.78 Å². The third-order valence-electron chi connectivity index (χ3n) is 10.3. The van der Waals surface area contributed by atoms with E-state index in [9.17, 15) is 23.6 Å². The Kier molecular flexibility index (Phi) is 15.2. The standard InChI is InChI=1S/C40H42Cl2F2N3O8S.CH2O2/c1-51-31-5-3-2-4-27(31)37(39(49)54-35-21-46-14-12-24(35)13-15-46)45-18-26-9-11-36(56-26)38(48)53-33(17-28-29(41)19-47(50)20-30(28)42)25-8-10-32(55-40(43)44)34(16-25)52-22-23-6-7-23;2-1-3/h2-5,8-11,16,19-20,23-24,33,35,37,40,45,50H,6-7,12-15,17-18,21-22H2,1H3;1H,(H,2,3)/q+1;/p-1/t33-,35-,37?;/m0./s1. The molecule has 3 saturated heterocycles. The highest BCUT2D eigenvalue weighted by atomic mass is 35.5. The molecule has 2 bridgehead atoms. The fourth-order valence-electron chi connectivity index (χ4n) is 7.13. The zero-order valence-corrected chi connectivity index (χ0v) is 34.2. The Morgan fingerprint density at radius 3 is 2.39 bits per heavy atom. The molecule has 4 aliphatic rings. The van der Waals surface area contributed by atoms with Crippen LogP contribution in [0.4, 0.5) is 8.78 Å². The van der Waals surface area contributed by atoms with Crippen molar-refractivity contribution in [3.8, 4) is 17.2 Å². The molecular weight excluding hydrogens is 835 g/mol. The average molecular weight is 879 g/mol. The number of nitrogens with one attached hydrogen (secondary N) is 1. The second-order valence-electron chi connectivity index (χ2n) is 14.3. The predicted molar refractivity (Wildman–Crippen MR) is 209 cm³/mol. The molecule has 2 aromatic carbocycles. The number of benzene rings is 2. The molecule has 2 aromatic heterocycles. The number of carboxylic acid groups (broad SMARTS) is 1. The quantitative estimate of drug-likeness (QED) is 0.0556. The zero-order chi connectivity index (χ0) is 42.1. The number of alkyl halides is 2. The van der Waals surface area contributed by atoms with Crippen molar-refractivity contribution in [2.75, 3.05) is 33.4 Å². The number of piperidine rings is 3. The van der Waals surface area contributed by atoms with Gasteiger partial charge in [-0.1, -0.05) is 47.5 Å². The Bertz CT molecular complexity index is 2060. The Morgan fingerprint density at radius 1 is 1.03 bits per heavy atom. The molecule has 18 heteroatoms. The number of halogens is 4. The zero-order valence-electron chi connectivity index (χ0n) is 31.9. The van der Waals surface area contributed by atoms with Crippen LogP contribution in [-0.2, 0) is 32.0 Å². The van der Waals surface area contributed by atoms with Crippen LogP contribution in [0.1, 0.15) is 69.1 Å². The Morgan fingerprint density at radius 2 is 1.75 bits per heavy atom. The minimum Gasteiger partial charge on any atom is -0.554 e. The SMILES string of the molecule is COc1ccccc1C(NCc1ccc(C(=O)O[C@@H](Cc2c(Cl)c[n+](O)cc2Cl)c2ccc(OC(F)F)c(OCC3CC3)c2)s1)C(=O)O[C@H]1CN2CCC1CC2.O=C[O-]. The van der Waals surface area contributed by atoms with Gasteiger partial charge in [0.05, 0.1) is 13.7 Å². The van der Waals surface area contributed by atoms with Gasteiger partial charge in [0.25, 0.3) is 0 Å². The maximum absolute atomic E-state index is 13.8. The minimum atomic E-state index is -3.08. The summed E-state index contributed by atoms with van der Waals surface area (Å²) in [7, 11) is 1.55. The van der Waals surface area contributed by atoms with Crippen LogP contribution in [-0.4, -0.2) is 74.6 Å². The molecule has 0 radical (unpaired) electrons. The first-order valence-electron chi connectivity index (χ1n) is 18.9. The van der Waals surface area contributed by atoms with E-state index < -0.39 is 37.2 Å². The minimum absolute atomic E-state index is 0.0243. The van der Waals surface area contributed by atoms with Crippen LogP contribution in [0.5, 0.6) is 17.2 Å². The van der Waals surface area contributed by atoms with E-state index in [1.54, 1.807) is 25.3 Å². The summed E-state index contributed by atoms with van der Waals surface area (Å²) in [5, 5.41) is 21.8. The molecule has 0 spiro atoms. The second kappa shape index (κ2) is 20.5. The maximum Gasteiger partial charge on any atom is 0.387 e. The second-order valence-corrected chi connectivity index (χ2v) is 16.3. The van der Waals surface area contributed by atoms with E-state index in [0.717, 1.165) is 50.2 Å². The predicted octanol–water partition coefficient (Wildman–Crippen LogP) is 5.95. The summed E-state index contributed by atoms with van der Waals surface area (Å²) in [5.74, 6) is 0.0617. The number of hydrogen-bond acceptors (Lipinski definition) is 13. The monoisotopic (exact) mass is 877 g/mol. The molecule has 0 amide bonds. The molecular formula is C41H43Cl2F2N3O10S. The van der Waals surface area contributed by atoms with Crippen LogP contribution in [0, 0.1) is 11.8 Å². The van der Waals surface area contributed by atoms with Crippen molar-refractivity contribution in [1.29, 1.82) is 0 Å². The van der Waals surface area contributed by atoms with Gasteiger partial charge in [0.15, 0.2) is 11.5 Å². The fourth-order valence-corrected chi connectivity index (χ4v) is 8.58. The molecule has 1 saturated carbocycles. The van der Waals surface area contributed by atoms with Gasteiger partial charge in [-0.15, -0.1) is 11.3 Å². The number of ether oxygens (including phenoxy) is 5. The van der Waals surface area contributed by atoms with Gasteiger partial charge in [-0.3, -0.25) is 15.4 Å². The highest BCUT2D eigenvalue weighted by Crippen LogP contribution is 2.39. The molecule has 1 aliphatic carbocycles. The Labute approximate surface area is 353 Å². The normalized spacial score (nSPS) is 19.2. The van der Waals surface area contributed by atoms with Gasteiger partial charge in [-0.05, 0) is 86.5 Å². The Balaban J connectivity index is 0.00000189. The number of pyridine rings is 1. The lowest BCUT2D eigenvalue weighted by atomic mass is 9.86. The number of nitrogens with zero attached hydrogens (tertiary/aromatic N) is 2. The summed E-state index contributed by atoms with van der Waals surface area (Å²) < 4.78 is 55.7. The van der Waals surface area contributed by atoms with Crippen LogP contribution in [0.3, 0.4) is 0 Å². The Hall–Kier alpha value is -4.74. The van der Waals surface area contributed by atoms with Crippen LogP contribution < -0.4 is 29.4 Å². The van der Waals surface area contributed by atoms with Crippen molar-refractivity contribution in [2.45, 2.75) is 63.5 Å². The number of methoxy groups -OCH3 is 1. The van der Waals surface area contributed by atoms with Crippen molar-refractivity contribution in [2.24, 2.45) is 11.8 Å². The molecule has 4 fully saturated rings. The van der Waals surface area contributed by atoms with Crippen molar-refractivity contribution in [3.63, 3.8) is 0 Å². The smallest absolute Gasteiger partial charge is 0.387 e. The lowest BCUT2D eigenvalue weighted by Gasteiger charge is -2.44. The van der Waals surface area contributed by atoms with Crippen LogP contribution in [0.25, 0.3) is 0 Å². The highest BCUT2D eigenvalue weighted by molar-refractivity contribution is 7.13. The molecule has 5 heterocycles. The molecule has 316 valence electrons. The average Bonchev–Trinajstić information content (AvgIpc) is 3.93. The molecule has 2 N–H and O–H groups in total. The van der Waals surface area contributed by atoms with Crippen molar-refractivity contribution >= 4 is 52.9 Å². The van der Waals surface area contributed by atoms with Gasteiger partial charge >= 0.3 is 18.6 Å². The maximum atomic E-state index is 13.8. The van der Waals surface area contributed by atoms with Gasteiger partial charge in [0, 0.05) is 46.7 Å². The number of rotatable bonds is 17. The third kappa shape index (κ3) is 11.7. The van der Waals surface area contributed by atoms with E-state index in [4.69, 9.17) is 56.8 Å². The van der Waals surface area contributed by atoms with E-state index in [1.165, 1.54) is 41.9 Å². The molecule has 4 aromatic rings. The summed E-state index contributed by atoms with van der Waals surface area (Å²) in [6.45, 7) is -0.267. The van der Waals surface area contributed by atoms with Crippen LogP contribution in [0.2, 0.25) is 10.0 Å². The molecule has 3 aliphatic heterocycles. The van der Waals surface area contributed by atoms with Gasteiger partial charge in [0.2, 0.25) is 12.4 Å². The summed E-state index contributed by atoms with van der Waals surface area (Å²) in [5.41, 5.74) is 1.43. The first kappa shape index (κ1) is 43.8. The lowest BCUT2D eigenvalue weighted by molar-refractivity contribution is -0.904. The van der Waals surface area contributed by atoms with Gasteiger partial charge in [0.1, 0.15) is 38.9 Å². The largest absolute Gasteiger partial charge is 0.554 e. The number of esters is 2. The lowest BCUT2D eigenvalue weighted by Crippen LogP contribution is -2.52. The van der Waals surface area contributed by atoms with E-state index in [1.807, 2.05) is 18.2 Å². The molecule has 3 atom stereocenters. The number of carbonyl (C=O) groups is 3. The van der Waals surface area contributed by atoms with Crippen molar-refractivity contribution < 1.29 is 61.9 Å². The van der Waals surface area contributed by atoms with Crippen LogP contribution in [0.15, 0.2) is 67.0 Å². The van der Waals surface area contributed by atoms with E-state index in [0.29, 0.717) is 45.6 Å². The first-order chi connectivity index (χ1) is 28.5. The molecule has 13 nitrogen and oxygen atoms in total. The van der Waals surface area contributed by atoms with E-state index >= 15 is 0 Å². The summed E-state index contributed by atoms with van der Waals surface area (Å²) >= 11 is 14.1. The summed E-state index contributed by atoms with van der Waals surface area (Å²) in [6.07, 6.45) is 5.22. The van der Waals surface area contributed by atoms with Gasteiger partial charge < -0.3 is 33.6 Å². The van der Waals surface area contributed by atoms with Crippen molar-refractivity contribution in [3.05, 3.63) is 103 Å². The number of hydrogen-bond donors (Lipinski definition) is 2. The molecule has 1 unspecified atom stereocenters. The number of para-hydroxylation sites is 1. The summed E-state index contributed by atoms with van der Waals surface area (Å²) in [6, 6.07) is 14.2. The van der Waals surface area contributed by atoms with E-state index in [2.05, 4.69) is 10.2 Å². The third-order valence-corrected chi connectivity index (χ3v) is 12.0. The molecule has 8 rings (SSSR count). The first-order valence-corrected chi connectivity index (χ1v) is 20.5. The number of thiophene rings is 1. The number of carbonyl (C=O) groups excluding carboxylic acids is 3. The fraction of sp³-hybridized carbons (Fsp3) is 0.415. The number of aromatic nitrogens is 1. The summed E-state index contributed by atoms with van der Waals surface area (Å²) in [4.78, 5) is 39.2. The van der Waals surface area contributed by atoms with Gasteiger partial charge in [-0.25, -0.2) is 9.59 Å². The van der Waals surface area contributed by atoms with E-state index in [-0.39, 0.29) is 45.5 Å². The highest BCUT2D eigenvalue weighted by Gasteiger charge is 2.38. The number of fused-ring (bicyclic) bond motifs is 3. The van der Waals surface area contributed by atoms with Crippen LogP contribution >= 0.6 is 34.5 Å². The topological polar surface area (TPSA) is 160 Å². The molecule has 59 heavy (non-hydrogen) atoms.